The molecule has 0 aliphatic carbocycles. The van der Waals surface area contributed by atoms with E-state index in [-0.39, 0.29) is 12.1 Å². The van der Waals surface area contributed by atoms with E-state index in [4.69, 9.17) is 9.47 Å². The van der Waals surface area contributed by atoms with Crippen LogP contribution in [0.15, 0.2) is 30.3 Å². The van der Waals surface area contributed by atoms with Crippen LogP contribution in [0, 0.1) is 0 Å². The molecular formula is C11H12O3. The zero-order valence-corrected chi connectivity index (χ0v) is 7.81. The summed E-state index contributed by atoms with van der Waals surface area (Å²) in [5, 5.41) is 0. The molecule has 1 aromatic carbocycles. The Bertz CT molecular complexity index is 308. The van der Waals surface area contributed by atoms with E-state index in [1.165, 1.54) is 0 Å². The van der Waals surface area contributed by atoms with E-state index in [9.17, 15) is 4.79 Å². The maximum atomic E-state index is 11.0. The normalized spacial score (nSPS) is 20.9. The molecule has 0 spiro atoms. The quantitative estimate of drug-likeness (QED) is 0.681. The Morgan fingerprint density at radius 3 is 2.79 bits per heavy atom. The summed E-state index contributed by atoms with van der Waals surface area (Å²) in [6.45, 7) is 0.957. The van der Waals surface area contributed by atoms with Gasteiger partial charge in [0.15, 0.2) is 6.10 Å². The van der Waals surface area contributed by atoms with Crippen molar-refractivity contribution >= 4 is 5.97 Å². The molecule has 1 aliphatic heterocycles. The van der Waals surface area contributed by atoms with Crippen LogP contribution in [0.2, 0.25) is 0 Å². The van der Waals surface area contributed by atoms with Crippen LogP contribution in [0.25, 0.3) is 0 Å². The van der Waals surface area contributed by atoms with Gasteiger partial charge in [0.25, 0.3) is 0 Å². The molecular weight excluding hydrogens is 180 g/mol. The number of carbonyl (C=O) groups is 1. The summed E-state index contributed by atoms with van der Waals surface area (Å²) in [6.07, 6.45) is 0.307. The van der Waals surface area contributed by atoms with Crippen molar-refractivity contribution in [2.24, 2.45) is 0 Å². The average Bonchev–Trinajstić information content (AvgIpc) is 2.63. The van der Waals surface area contributed by atoms with Crippen LogP contribution in [0.3, 0.4) is 0 Å². The minimum Gasteiger partial charge on any atom is -0.464 e. The Labute approximate surface area is 82.6 Å². The van der Waals surface area contributed by atoms with Gasteiger partial charge >= 0.3 is 5.97 Å². The summed E-state index contributed by atoms with van der Waals surface area (Å²) < 4.78 is 10.2. The third-order valence-electron chi connectivity index (χ3n) is 2.18. The Morgan fingerprint density at radius 2 is 2.14 bits per heavy atom. The van der Waals surface area contributed by atoms with Crippen molar-refractivity contribution in [3.05, 3.63) is 35.9 Å². The van der Waals surface area contributed by atoms with Crippen LogP contribution in [-0.4, -0.2) is 18.7 Å². The average molecular weight is 192 g/mol. The summed E-state index contributed by atoms with van der Waals surface area (Å²) in [6, 6.07) is 9.80. The predicted octanol–water partition coefficient (Wildman–Crippen LogP) is 1.52. The molecule has 1 saturated heterocycles. The van der Waals surface area contributed by atoms with E-state index < -0.39 is 0 Å². The molecule has 1 atom stereocenters. The molecule has 3 nitrogen and oxygen atoms in total. The van der Waals surface area contributed by atoms with Crippen LogP contribution in [0.5, 0.6) is 0 Å². The SMILES string of the molecule is O=C1OCC[C@H]1OCc1ccccc1. The first-order chi connectivity index (χ1) is 6.86. The van der Waals surface area contributed by atoms with Crippen molar-refractivity contribution in [2.75, 3.05) is 6.61 Å². The molecule has 3 heteroatoms. The van der Waals surface area contributed by atoms with Crippen LogP contribution >= 0.6 is 0 Å². The predicted molar refractivity (Wildman–Crippen MR) is 50.6 cm³/mol. The Kier molecular flexibility index (Phi) is 2.79. The number of cyclic esters (lactones) is 1. The Balaban J connectivity index is 1.85. The van der Waals surface area contributed by atoms with Gasteiger partial charge in [-0.1, -0.05) is 30.3 Å². The van der Waals surface area contributed by atoms with Crippen molar-refractivity contribution in [1.82, 2.24) is 0 Å². The van der Waals surface area contributed by atoms with Crippen molar-refractivity contribution in [3.8, 4) is 0 Å². The van der Waals surface area contributed by atoms with E-state index in [1.54, 1.807) is 0 Å². The van der Waals surface area contributed by atoms with Crippen molar-refractivity contribution in [3.63, 3.8) is 0 Å². The van der Waals surface area contributed by atoms with Crippen LogP contribution in [-0.2, 0) is 20.9 Å². The van der Waals surface area contributed by atoms with Gasteiger partial charge in [-0.15, -0.1) is 0 Å². The van der Waals surface area contributed by atoms with Gasteiger partial charge in [0.2, 0.25) is 0 Å². The topological polar surface area (TPSA) is 35.5 Å². The maximum absolute atomic E-state index is 11.0. The molecule has 1 aliphatic rings. The van der Waals surface area contributed by atoms with Gasteiger partial charge in [-0.2, -0.15) is 0 Å². The molecule has 1 aromatic rings. The second-order valence-corrected chi connectivity index (χ2v) is 3.24. The monoisotopic (exact) mass is 192 g/mol. The molecule has 0 bridgehead atoms. The largest absolute Gasteiger partial charge is 0.464 e. The van der Waals surface area contributed by atoms with Crippen LogP contribution in [0.4, 0.5) is 0 Å². The third-order valence-corrected chi connectivity index (χ3v) is 2.18. The fourth-order valence-corrected chi connectivity index (χ4v) is 1.40. The van der Waals surface area contributed by atoms with Crippen molar-refractivity contribution in [1.29, 1.82) is 0 Å². The molecule has 74 valence electrons. The molecule has 0 N–H and O–H groups in total. The number of benzene rings is 1. The number of esters is 1. The van der Waals surface area contributed by atoms with Gasteiger partial charge in [-0.05, 0) is 5.56 Å². The first-order valence-electron chi connectivity index (χ1n) is 4.68. The number of ether oxygens (including phenoxy) is 2. The Morgan fingerprint density at radius 1 is 1.36 bits per heavy atom. The van der Waals surface area contributed by atoms with E-state index >= 15 is 0 Å². The van der Waals surface area contributed by atoms with Gasteiger partial charge in [-0.3, -0.25) is 0 Å². The Hall–Kier alpha value is -1.35. The molecule has 0 unspecified atom stereocenters. The smallest absolute Gasteiger partial charge is 0.335 e. The highest BCUT2D eigenvalue weighted by molar-refractivity contribution is 5.76. The number of carbonyl (C=O) groups excluding carboxylic acids is 1. The molecule has 1 heterocycles. The fourth-order valence-electron chi connectivity index (χ4n) is 1.40. The second kappa shape index (κ2) is 4.24. The van der Waals surface area contributed by atoms with Crippen molar-refractivity contribution in [2.45, 2.75) is 19.1 Å². The molecule has 0 aromatic heterocycles. The lowest BCUT2D eigenvalue weighted by Gasteiger charge is -2.07. The lowest BCUT2D eigenvalue weighted by atomic mass is 10.2. The standard InChI is InChI=1S/C11H12O3/c12-11-10(6-7-13-11)14-8-9-4-2-1-3-5-9/h1-5,10H,6-8H2/t10-/m1/s1. The number of hydrogen-bond donors (Lipinski definition) is 0. The summed E-state index contributed by atoms with van der Waals surface area (Å²) in [4.78, 5) is 11.0. The van der Waals surface area contributed by atoms with Gasteiger partial charge in [0.1, 0.15) is 0 Å². The lowest BCUT2D eigenvalue weighted by Crippen LogP contribution is -2.18. The fraction of sp³-hybridized carbons (Fsp3) is 0.364. The van der Waals surface area contributed by atoms with E-state index in [1.807, 2.05) is 30.3 Å². The molecule has 0 amide bonds. The van der Waals surface area contributed by atoms with Crippen LogP contribution in [0.1, 0.15) is 12.0 Å². The van der Waals surface area contributed by atoms with E-state index in [0.29, 0.717) is 19.6 Å². The number of hydrogen-bond acceptors (Lipinski definition) is 3. The molecule has 14 heavy (non-hydrogen) atoms. The maximum Gasteiger partial charge on any atom is 0.335 e. The summed E-state index contributed by atoms with van der Waals surface area (Å²) >= 11 is 0. The second-order valence-electron chi connectivity index (χ2n) is 3.24. The number of rotatable bonds is 3. The molecule has 0 saturated carbocycles. The third kappa shape index (κ3) is 2.12. The summed E-state index contributed by atoms with van der Waals surface area (Å²) in [7, 11) is 0. The van der Waals surface area contributed by atoms with E-state index in [2.05, 4.69) is 0 Å². The van der Waals surface area contributed by atoms with E-state index in [0.717, 1.165) is 5.56 Å². The van der Waals surface area contributed by atoms with Gasteiger partial charge in [0, 0.05) is 6.42 Å². The highest BCUT2D eigenvalue weighted by Crippen LogP contribution is 2.12. The lowest BCUT2D eigenvalue weighted by molar-refractivity contribution is -0.147. The first-order valence-corrected chi connectivity index (χ1v) is 4.68. The zero-order chi connectivity index (χ0) is 9.80. The molecule has 1 fully saturated rings. The summed E-state index contributed by atoms with van der Waals surface area (Å²) in [5.74, 6) is -0.235. The molecule has 2 rings (SSSR count). The highest BCUT2D eigenvalue weighted by atomic mass is 16.6. The minimum atomic E-state index is -0.366. The highest BCUT2D eigenvalue weighted by Gasteiger charge is 2.26. The first kappa shape index (κ1) is 9.21. The molecule has 0 radical (unpaired) electrons. The van der Waals surface area contributed by atoms with Gasteiger partial charge in [-0.25, -0.2) is 4.79 Å². The van der Waals surface area contributed by atoms with Gasteiger partial charge in [0.05, 0.1) is 13.2 Å². The van der Waals surface area contributed by atoms with Crippen molar-refractivity contribution < 1.29 is 14.3 Å². The zero-order valence-electron chi connectivity index (χ0n) is 7.81. The van der Waals surface area contributed by atoms with Crippen LogP contribution < -0.4 is 0 Å². The minimum absolute atomic E-state index is 0.235. The summed E-state index contributed by atoms with van der Waals surface area (Å²) in [5.41, 5.74) is 1.08. The van der Waals surface area contributed by atoms with Gasteiger partial charge < -0.3 is 9.47 Å².